The zero-order valence-electron chi connectivity index (χ0n) is 34.7. The van der Waals surface area contributed by atoms with E-state index in [0.29, 0.717) is 31.2 Å². The van der Waals surface area contributed by atoms with Crippen LogP contribution in [0.4, 0.5) is 0 Å². The second-order valence-electron chi connectivity index (χ2n) is 20.4. The molecule has 5 aliphatic rings. The Bertz CT molecular complexity index is 1520. The molecule has 0 aromatic heterocycles. The number of rotatable bonds is 13. The van der Waals surface area contributed by atoms with Gasteiger partial charge in [0, 0.05) is 31.2 Å². The molecule has 304 valence electrons. The molecule has 0 aliphatic heterocycles. The highest BCUT2D eigenvalue weighted by molar-refractivity contribution is 5.85. The molecule has 0 heterocycles. The highest BCUT2D eigenvalue weighted by atomic mass is 16.5. The van der Waals surface area contributed by atoms with Gasteiger partial charge in [-0.15, -0.1) is 0 Å². The third kappa shape index (κ3) is 7.49. The van der Waals surface area contributed by atoms with Crippen LogP contribution in [-0.4, -0.2) is 58.6 Å². The number of ether oxygens (including phenoxy) is 1. The summed E-state index contributed by atoms with van der Waals surface area (Å²) in [6.07, 6.45) is 13.0. The Hall–Kier alpha value is -2.91. The first-order valence-electron chi connectivity index (χ1n) is 21.0. The maximum Gasteiger partial charge on any atom is 0.326 e. The lowest BCUT2D eigenvalue weighted by atomic mass is 9.33. The van der Waals surface area contributed by atoms with Gasteiger partial charge in [0.2, 0.25) is 11.8 Å². The fraction of sp³-hybridized carbons (Fsp3) is 0.841. The van der Waals surface area contributed by atoms with Crippen molar-refractivity contribution >= 4 is 29.7 Å². The molecule has 4 fully saturated rings. The van der Waals surface area contributed by atoms with E-state index in [0.717, 1.165) is 64.2 Å². The second-order valence-corrected chi connectivity index (χ2v) is 20.4. The van der Waals surface area contributed by atoms with Crippen LogP contribution in [-0.2, 0) is 28.7 Å². The minimum absolute atomic E-state index is 0.0286. The molecule has 0 spiro atoms. The molecule has 5 aliphatic carbocycles. The van der Waals surface area contributed by atoms with E-state index < -0.39 is 23.4 Å². The summed E-state index contributed by atoms with van der Waals surface area (Å²) in [5, 5.41) is 24.4. The predicted octanol–water partition coefficient (Wildman–Crippen LogP) is 8.08. The van der Waals surface area contributed by atoms with Crippen molar-refractivity contribution in [2.24, 2.45) is 56.2 Å². The van der Waals surface area contributed by atoms with E-state index in [1.165, 1.54) is 5.57 Å². The number of hydrogen-bond donors (Lipinski definition) is 4. The van der Waals surface area contributed by atoms with Crippen molar-refractivity contribution in [2.45, 2.75) is 171 Å². The third-order valence-electron chi connectivity index (χ3n) is 16.2. The summed E-state index contributed by atoms with van der Waals surface area (Å²) in [4.78, 5) is 62.4. The average molecular weight is 755 g/mol. The normalized spacial score (nSPS) is 36.9. The summed E-state index contributed by atoms with van der Waals surface area (Å²) in [5.74, 6) is -1.64. The summed E-state index contributed by atoms with van der Waals surface area (Å²) in [6.45, 7) is 20.7. The van der Waals surface area contributed by atoms with Crippen molar-refractivity contribution in [3.8, 4) is 0 Å². The number of carbonyl (C=O) groups excluding carboxylic acids is 3. The molecule has 0 unspecified atom stereocenters. The maximum atomic E-state index is 14.4. The van der Waals surface area contributed by atoms with Gasteiger partial charge in [0.1, 0.15) is 12.1 Å². The van der Waals surface area contributed by atoms with Crippen LogP contribution in [0.3, 0.4) is 0 Å². The SMILES string of the molecule is CC(C)[C@H](NC(=O)CCCNC(=O)[C@]12CCC(C)(C)C[C@H]1C1=CC[C@@H]3[C@@]4(C)CC[C@H](OC(=O)CCCC(=O)O)C(C)(C)[C@@H]4CC[C@@]3(C)[C@]1(C)CC2)C(=O)O. The summed E-state index contributed by atoms with van der Waals surface area (Å²) in [5.41, 5.74) is 1.01. The van der Waals surface area contributed by atoms with Gasteiger partial charge in [-0.3, -0.25) is 19.2 Å². The van der Waals surface area contributed by atoms with Crippen LogP contribution < -0.4 is 10.6 Å². The molecule has 9 atom stereocenters. The molecular weight excluding hydrogens is 684 g/mol. The molecule has 0 aromatic carbocycles. The van der Waals surface area contributed by atoms with Gasteiger partial charge in [-0.2, -0.15) is 0 Å². The van der Waals surface area contributed by atoms with E-state index in [1.54, 1.807) is 13.8 Å². The van der Waals surface area contributed by atoms with Gasteiger partial charge in [0.15, 0.2) is 0 Å². The van der Waals surface area contributed by atoms with Crippen LogP contribution in [0.1, 0.15) is 159 Å². The lowest BCUT2D eigenvalue weighted by molar-refractivity contribution is -0.213. The first-order valence-corrected chi connectivity index (χ1v) is 21.0. The average Bonchev–Trinajstić information content (AvgIpc) is 3.06. The van der Waals surface area contributed by atoms with Crippen LogP contribution in [0.25, 0.3) is 0 Å². The first kappa shape index (κ1) is 42.2. The van der Waals surface area contributed by atoms with Crippen molar-refractivity contribution < 1.29 is 38.9 Å². The number of carbonyl (C=O) groups is 5. The summed E-state index contributed by atoms with van der Waals surface area (Å²) < 4.78 is 6.12. The zero-order chi connectivity index (χ0) is 40.1. The van der Waals surface area contributed by atoms with E-state index in [9.17, 15) is 29.1 Å². The van der Waals surface area contributed by atoms with Gasteiger partial charge in [-0.1, -0.05) is 74.0 Å². The van der Waals surface area contributed by atoms with E-state index in [2.05, 4.69) is 65.2 Å². The Labute approximate surface area is 323 Å². The Morgan fingerprint density at radius 2 is 1.52 bits per heavy atom. The largest absolute Gasteiger partial charge is 0.481 e. The fourth-order valence-electron chi connectivity index (χ4n) is 12.8. The molecule has 4 N–H and O–H groups in total. The standard InChI is InChI=1S/C44H70N2O8/c1-27(2)36(37(51)52)46-33(47)12-11-25-45-38(53)44-23-21-39(3,4)26-29(44)28-15-16-31-41(7)19-18-32(54-35(50)14-10-13-34(48)49)40(5,6)30(41)17-20-43(31,9)42(28,8)22-24-44/h15,27,29-32,36H,10-14,16-26H2,1-9H3,(H,45,53)(H,46,47)(H,48,49)(H,51,52)/t29-,30-,31+,32-,36-,41-,42+,43+,44-/m0/s1. The Balaban J connectivity index is 1.33. The number of amides is 2. The molecule has 0 aromatic rings. The summed E-state index contributed by atoms with van der Waals surface area (Å²) in [6, 6.07) is -0.925. The van der Waals surface area contributed by atoms with Crippen LogP contribution in [0.5, 0.6) is 0 Å². The smallest absolute Gasteiger partial charge is 0.326 e. The summed E-state index contributed by atoms with van der Waals surface area (Å²) >= 11 is 0. The molecule has 10 nitrogen and oxygen atoms in total. The van der Waals surface area contributed by atoms with E-state index >= 15 is 0 Å². The molecule has 0 saturated heterocycles. The summed E-state index contributed by atoms with van der Waals surface area (Å²) in [7, 11) is 0. The van der Waals surface area contributed by atoms with Gasteiger partial charge >= 0.3 is 17.9 Å². The Morgan fingerprint density at radius 3 is 2.17 bits per heavy atom. The first-order chi connectivity index (χ1) is 25.0. The quantitative estimate of drug-likeness (QED) is 0.0835. The number of fused-ring (bicyclic) bond motifs is 7. The molecule has 0 radical (unpaired) electrons. The maximum absolute atomic E-state index is 14.4. The van der Waals surface area contributed by atoms with E-state index in [-0.39, 0.29) is 82.1 Å². The van der Waals surface area contributed by atoms with Crippen molar-refractivity contribution in [2.75, 3.05) is 6.54 Å². The molecule has 10 heteroatoms. The molecule has 5 rings (SSSR count). The number of carboxylic acid groups (broad SMARTS) is 2. The van der Waals surface area contributed by atoms with E-state index in [1.807, 2.05) is 0 Å². The topological polar surface area (TPSA) is 159 Å². The number of aliphatic carboxylic acids is 2. The van der Waals surface area contributed by atoms with Gasteiger partial charge in [0.25, 0.3) is 0 Å². The molecule has 4 saturated carbocycles. The Kier molecular flexibility index (Phi) is 11.9. The highest BCUT2D eigenvalue weighted by Gasteiger charge is 2.69. The van der Waals surface area contributed by atoms with Crippen molar-refractivity contribution in [1.82, 2.24) is 10.6 Å². The zero-order valence-corrected chi connectivity index (χ0v) is 34.7. The lowest BCUT2D eigenvalue weighted by Crippen LogP contribution is -2.65. The number of nitrogens with one attached hydrogen (secondary N) is 2. The minimum atomic E-state index is -1.04. The molecular formula is C44H70N2O8. The second kappa shape index (κ2) is 15.2. The fourth-order valence-corrected chi connectivity index (χ4v) is 12.8. The molecule has 2 amide bonds. The molecule has 54 heavy (non-hydrogen) atoms. The number of esters is 1. The third-order valence-corrected chi connectivity index (χ3v) is 16.2. The number of hydrogen-bond acceptors (Lipinski definition) is 6. The van der Waals surface area contributed by atoms with Crippen molar-refractivity contribution in [3.05, 3.63) is 11.6 Å². The predicted molar refractivity (Wildman–Crippen MR) is 207 cm³/mol. The van der Waals surface area contributed by atoms with Crippen LogP contribution in [0.2, 0.25) is 0 Å². The Morgan fingerprint density at radius 1 is 0.833 bits per heavy atom. The van der Waals surface area contributed by atoms with Gasteiger partial charge in [-0.25, -0.2) is 4.79 Å². The number of carboxylic acids is 2. The van der Waals surface area contributed by atoms with Crippen LogP contribution in [0, 0.1) is 56.2 Å². The number of allylic oxidation sites excluding steroid dienone is 2. The van der Waals surface area contributed by atoms with Crippen molar-refractivity contribution in [3.63, 3.8) is 0 Å². The van der Waals surface area contributed by atoms with E-state index in [4.69, 9.17) is 9.84 Å². The van der Waals surface area contributed by atoms with Crippen molar-refractivity contribution in [1.29, 1.82) is 0 Å². The molecule has 0 bridgehead atoms. The minimum Gasteiger partial charge on any atom is -0.481 e. The van der Waals surface area contributed by atoms with Crippen LogP contribution >= 0.6 is 0 Å². The highest BCUT2D eigenvalue weighted by Crippen LogP contribution is 2.76. The van der Waals surface area contributed by atoms with Crippen LogP contribution in [0.15, 0.2) is 11.6 Å². The van der Waals surface area contributed by atoms with Gasteiger partial charge < -0.3 is 25.6 Å². The lowest BCUT2D eigenvalue weighted by Gasteiger charge is -2.71. The van der Waals surface area contributed by atoms with Gasteiger partial charge in [-0.05, 0) is 122 Å². The monoisotopic (exact) mass is 755 g/mol. The van der Waals surface area contributed by atoms with Gasteiger partial charge in [0.05, 0.1) is 5.41 Å².